The average Bonchev–Trinajstić information content (AvgIpc) is 3.61. The van der Waals surface area contributed by atoms with Crippen LogP contribution in [0.1, 0.15) is 61.6 Å². The first-order chi connectivity index (χ1) is 17.9. The van der Waals surface area contributed by atoms with E-state index < -0.39 is 17.7 Å². The molecular formula is C27H25ClN4O4S. The number of aliphatic imine (C=N–C) groups is 1. The van der Waals surface area contributed by atoms with Gasteiger partial charge in [-0.15, -0.1) is 11.3 Å². The maximum Gasteiger partial charge on any atom is 0.265 e. The molecule has 0 radical (unpaired) electrons. The van der Waals surface area contributed by atoms with Crippen molar-refractivity contribution in [2.75, 3.05) is 11.9 Å². The first-order valence-electron chi connectivity index (χ1n) is 12.0. The van der Waals surface area contributed by atoms with Crippen LogP contribution in [0.5, 0.6) is 5.75 Å². The second kappa shape index (κ2) is 10.7. The average molecular weight is 537 g/mol. The van der Waals surface area contributed by atoms with Crippen LogP contribution in [0.3, 0.4) is 0 Å². The minimum atomic E-state index is -0.473. The Labute approximate surface area is 223 Å². The van der Waals surface area contributed by atoms with Gasteiger partial charge in [0.1, 0.15) is 18.2 Å². The number of amides is 3. The van der Waals surface area contributed by atoms with E-state index in [1.54, 1.807) is 48.5 Å². The summed E-state index contributed by atoms with van der Waals surface area (Å²) >= 11 is 7.06. The number of ether oxygens (including phenoxy) is 1. The van der Waals surface area contributed by atoms with Gasteiger partial charge in [0.15, 0.2) is 0 Å². The van der Waals surface area contributed by atoms with Crippen LogP contribution in [0, 0.1) is 0 Å². The molecule has 3 N–H and O–H groups in total. The lowest BCUT2D eigenvalue weighted by atomic mass is 10.1. The highest BCUT2D eigenvalue weighted by Crippen LogP contribution is 2.32. The molecule has 1 saturated carbocycles. The van der Waals surface area contributed by atoms with Crippen molar-refractivity contribution in [3.8, 4) is 5.75 Å². The first-order valence-corrected chi connectivity index (χ1v) is 13.2. The van der Waals surface area contributed by atoms with Gasteiger partial charge in [-0.2, -0.15) is 0 Å². The fourth-order valence-corrected chi connectivity index (χ4v) is 5.52. The number of nitrogens with one attached hydrogen (secondary N) is 1. The molecule has 5 rings (SSSR count). The molecule has 2 aromatic carbocycles. The number of imide groups is 1. The molecule has 2 aliphatic rings. The van der Waals surface area contributed by atoms with Crippen molar-refractivity contribution in [1.29, 1.82) is 0 Å². The summed E-state index contributed by atoms with van der Waals surface area (Å²) in [6.45, 7) is 0.231. The van der Waals surface area contributed by atoms with Crippen LogP contribution in [0.15, 0.2) is 59.6 Å². The van der Waals surface area contributed by atoms with Gasteiger partial charge in [-0.25, -0.2) is 0 Å². The number of thiophene rings is 1. The molecule has 1 aliphatic heterocycles. The van der Waals surface area contributed by atoms with Gasteiger partial charge in [0.05, 0.1) is 38.6 Å². The molecule has 1 fully saturated rings. The number of nitrogens with zero attached hydrogens (tertiary/aromatic N) is 2. The summed E-state index contributed by atoms with van der Waals surface area (Å²) in [6.07, 6.45) is 4.48. The summed E-state index contributed by atoms with van der Waals surface area (Å²) in [4.78, 5) is 45.1. The second-order valence-electron chi connectivity index (χ2n) is 8.98. The Kier molecular flexibility index (Phi) is 7.25. The standard InChI is InChI=1S/C27H25ClN4O4S/c28-22-12-11-21(37-22)25(33)31-20-10-4-9-19-24(20)27(35)32(26(19)34)14-16-5-3-8-18(13-16)36-15-23(29)30-17-6-1-2-7-17/h3-5,8-13,17H,1-2,6-7,14-15H2,(H2,29,30)(H,31,33). The van der Waals surface area contributed by atoms with E-state index in [2.05, 4.69) is 10.3 Å². The fraction of sp³-hybridized carbons (Fsp3) is 0.259. The zero-order valence-corrected chi connectivity index (χ0v) is 21.5. The number of hydrogen-bond donors (Lipinski definition) is 2. The predicted octanol–water partition coefficient (Wildman–Crippen LogP) is 5.13. The van der Waals surface area contributed by atoms with Crippen molar-refractivity contribution in [3.63, 3.8) is 0 Å². The SMILES string of the molecule is NC(COc1cccc(CN2C(=O)c3cccc(NC(=O)c4ccc(Cl)s4)c3C2=O)c1)=NC1CCCC1. The lowest BCUT2D eigenvalue weighted by Crippen LogP contribution is -2.29. The number of benzene rings is 2. The van der Waals surface area contributed by atoms with Crippen molar-refractivity contribution < 1.29 is 19.1 Å². The lowest BCUT2D eigenvalue weighted by Gasteiger charge is -2.15. The highest BCUT2D eigenvalue weighted by atomic mass is 35.5. The summed E-state index contributed by atoms with van der Waals surface area (Å²) in [6, 6.07) is 15.5. The molecule has 3 aromatic rings. The van der Waals surface area contributed by atoms with Crippen molar-refractivity contribution in [3.05, 3.63) is 80.5 Å². The Morgan fingerprint density at radius 3 is 2.65 bits per heavy atom. The van der Waals surface area contributed by atoms with E-state index in [9.17, 15) is 14.4 Å². The Bertz CT molecular complexity index is 1400. The van der Waals surface area contributed by atoms with E-state index in [4.69, 9.17) is 22.1 Å². The molecule has 1 aliphatic carbocycles. The Morgan fingerprint density at radius 1 is 1.11 bits per heavy atom. The van der Waals surface area contributed by atoms with Crippen molar-refractivity contribution in [2.45, 2.75) is 38.3 Å². The second-order valence-corrected chi connectivity index (χ2v) is 10.7. The first kappa shape index (κ1) is 25.0. The highest BCUT2D eigenvalue weighted by Gasteiger charge is 2.37. The number of fused-ring (bicyclic) bond motifs is 1. The van der Waals surface area contributed by atoms with Crippen molar-refractivity contribution >= 4 is 52.2 Å². The van der Waals surface area contributed by atoms with Gasteiger partial charge in [-0.1, -0.05) is 42.6 Å². The van der Waals surface area contributed by atoms with Crippen molar-refractivity contribution in [2.24, 2.45) is 10.7 Å². The molecular weight excluding hydrogens is 512 g/mol. The van der Waals surface area contributed by atoms with Crippen LogP contribution in [0.4, 0.5) is 5.69 Å². The van der Waals surface area contributed by atoms with Gasteiger partial charge in [0, 0.05) is 0 Å². The summed E-state index contributed by atoms with van der Waals surface area (Å²) < 4.78 is 6.29. The van der Waals surface area contributed by atoms with Gasteiger partial charge in [-0.3, -0.25) is 24.3 Å². The zero-order valence-electron chi connectivity index (χ0n) is 19.9. The number of hydrogen-bond acceptors (Lipinski definition) is 6. The van der Waals surface area contributed by atoms with Gasteiger partial charge in [0.2, 0.25) is 0 Å². The van der Waals surface area contributed by atoms with Crippen LogP contribution in [0.25, 0.3) is 0 Å². The molecule has 37 heavy (non-hydrogen) atoms. The Hall–Kier alpha value is -3.69. The molecule has 0 saturated heterocycles. The zero-order chi connectivity index (χ0) is 25.9. The minimum Gasteiger partial charge on any atom is -0.486 e. The third-order valence-electron chi connectivity index (χ3n) is 6.34. The number of halogens is 1. The number of rotatable bonds is 8. The van der Waals surface area contributed by atoms with Crippen LogP contribution < -0.4 is 15.8 Å². The smallest absolute Gasteiger partial charge is 0.265 e. The van der Waals surface area contributed by atoms with Crippen LogP contribution in [-0.2, 0) is 6.54 Å². The third kappa shape index (κ3) is 5.52. The molecule has 0 bridgehead atoms. The molecule has 0 unspecified atom stereocenters. The van der Waals surface area contributed by atoms with E-state index in [-0.39, 0.29) is 36.0 Å². The van der Waals surface area contributed by atoms with E-state index in [0.717, 1.165) is 34.6 Å². The minimum absolute atomic E-state index is 0.0586. The fourth-order valence-electron chi connectivity index (χ4n) is 4.58. The molecule has 1 aromatic heterocycles. The third-order valence-corrected chi connectivity index (χ3v) is 7.57. The van der Waals surface area contributed by atoms with E-state index >= 15 is 0 Å². The van der Waals surface area contributed by atoms with Gasteiger partial charge < -0.3 is 15.8 Å². The molecule has 3 amide bonds. The molecule has 2 heterocycles. The number of nitrogens with two attached hydrogens (primary N) is 1. The highest BCUT2D eigenvalue weighted by molar-refractivity contribution is 7.18. The quantitative estimate of drug-likeness (QED) is 0.235. The molecule has 10 heteroatoms. The van der Waals surface area contributed by atoms with E-state index in [0.29, 0.717) is 20.8 Å². The number of amidine groups is 1. The molecule has 8 nitrogen and oxygen atoms in total. The van der Waals surface area contributed by atoms with Crippen LogP contribution >= 0.6 is 22.9 Å². The summed E-state index contributed by atoms with van der Waals surface area (Å²) in [7, 11) is 0. The van der Waals surface area contributed by atoms with Crippen LogP contribution in [-0.4, -0.2) is 41.1 Å². The topological polar surface area (TPSA) is 114 Å². The molecule has 0 spiro atoms. The Morgan fingerprint density at radius 2 is 1.89 bits per heavy atom. The van der Waals surface area contributed by atoms with Crippen molar-refractivity contribution in [1.82, 2.24) is 4.90 Å². The van der Waals surface area contributed by atoms with E-state index in [1.165, 1.54) is 12.8 Å². The number of anilines is 1. The van der Waals surface area contributed by atoms with Gasteiger partial charge >= 0.3 is 0 Å². The maximum atomic E-state index is 13.3. The number of carbonyl (C=O) groups is 3. The number of carbonyl (C=O) groups excluding carboxylic acids is 3. The summed E-state index contributed by atoms with van der Waals surface area (Å²) in [5, 5.41) is 2.74. The summed E-state index contributed by atoms with van der Waals surface area (Å²) in [5.41, 5.74) is 7.45. The molecule has 190 valence electrons. The normalized spacial score (nSPS) is 15.8. The van der Waals surface area contributed by atoms with Crippen LogP contribution in [0.2, 0.25) is 4.34 Å². The van der Waals surface area contributed by atoms with Gasteiger partial charge in [0.25, 0.3) is 17.7 Å². The Balaban J connectivity index is 1.28. The molecule has 0 atom stereocenters. The predicted molar refractivity (Wildman–Crippen MR) is 144 cm³/mol. The monoisotopic (exact) mass is 536 g/mol. The summed E-state index contributed by atoms with van der Waals surface area (Å²) in [5.74, 6) is -0.267. The largest absolute Gasteiger partial charge is 0.486 e. The van der Waals surface area contributed by atoms with Gasteiger partial charge in [-0.05, 0) is 54.8 Å². The maximum absolute atomic E-state index is 13.3. The van der Waals surface area contributed by atoms with E-state index in [1.807, 2.05) is 6.07 Å². The lowest BCUT2D eigenvalue weighted by molar-refractivity contribution is 0.0642.